The molecule has 0 bridgehead atoms. The molecule has 1 saturated heterocycles. The fourth-order valence-electron chi connectivity index (χ4n) is 4.19. The highest BCUT2D eigenvalue weighted by atomic mass is 32.2. The van der Waals surface area contributed by atoms with Crippen molar-refractivity contribution < 1.29 is 26.7 Å². The Morgan fingerprint density at radius 3 is 2.33 bits per heavy atom. The number of aryl methyl sites for hydroxylation is 1. The minimum absolute atomic E-state index is 0.196. The lowest BCUT2D eigenvalue weighted by molar-refractivity contribution is 0.00762. The Kier molecular flexibility index (Phi) is 8.35. The number of benzene rings is 3. The van der Waals surface area contributed by atoms with E-state index in [0.29, 0.717) is 32.3 Å². The van der Waals surface area contributed by atoms with Gasteiger partial charge in [-0.3, -0.25) is 4.90 Å². The molecule has 9 heteroatoms. The Morgan fingerprint density at radius 2 is 1.67 bits per heavy atom. The van der Waals surface area contributed by atoms with Gasteiger partial charge in [-0.15, -0.1) is 0 Å². The van der Waals surface area contributed by atoms with Crippen LogP contribution in [0.3, 0.4) is 0 Å². The van der Waals surface area contributed by atoms with Crippen molar-refractivity contribution in [3.8, 4) is 5.75 Å². The lowest BCUT2D eigenvalue weighted by Gasteiger charge is -2.36. The van der Waals surface area contributed by atoms with E-state index >= 15 is 0 Å². The molecule has 3 aromatic carbocycles. The number of hydrogen-bond acceptors (Lipinski definition) is 5. The summed E-state index contributed by atoms with van der Waals surface area (Å²) in [4.78, 5) is 1.62. The van der Waals surface area contributed by atoms with Crippen LogP contribution in [0.5, 0.6) is 5.75 Å². The van der Waals surface area contributed by atoms with E-state index in [1.807, 2.05) is 55.5 Å². The van der Waals surface area contributed by atoms with Crippen molar-refractivity contribution in [2.75, 3.05) is 39.8 Å². The summed E-state index contributed by atoms with van der Waals surface area (Å²) in [7, 11) is -2.44. The average molecular weight is 517 g/mol. The van der Waals surface area contributed by atoms with Crippen molar-refractivity contribution in [2.45, 2.75) is 24.5 Å². The SMILES string of the molecule is COc1cccc([C@@H](CN2CCN(S(=O)(=O)c3ccc(F)cc3F)CC2)OCc2ccc(C)cc2)c1. The molecule has 1 heterocycles. The quantitative estimate of drug-likeness (QED) is 0.418. The van der Waals surface area contributed by atoms with Gasteiger partial charge in [-0.25, -0.2) is 17.2 Å². The van der Waals surface area contributed by atoms with E-state index in [-0.39, 0.29) is 19.2 Å². The summed E-state index contributed by atoms with van der Waals surface area (Å²) in [6, 6.07) is 18.4. The van der Waals surface area contributed by atoms with E-state index in [9.17, 15) is 17.2 Å². The summed E-state index contributed by atoms with van der Waals surface area (Å²) in [5, 5.41) is 0. The molecule has 0 spiro atoms. The maximum absolute atomic E-state index is 14.2. The first kappa shape index (κ1) is 26.2. The predicted molar refractivity (Wildman–Crippen MR) is 133 cm³/mol. The summed E-state index contributed by atoms with van der Waals surface area (Å²) >= 11 is 0. The van der Waals surface area contributed by atoms with Crippen LogP contribution in [0.25, 0.3) is 0 Å². The van der Waals surface area contributed by atoms with E-state index in [1.54, 1.807) is 7.11 Å². The molecule has 1 atom stereocenters. The Balaban J connectivity index is 1.44. The highest BCUT2D eigenvalue weighted by molar-refractivity contribution is 7.89. The van der Waals surface area contributed by atoms with E-state index < -0.39 is 26.6 Å². The standard InChI is InChI=1S/C27H30F2N2O4S/c1-20-6-8-21(9-7-20)19-35-26(22-4-3-5-24(16-22)34-2)18-30-12-14-31(15-13-30)36(32,33)27-11-10-23(28)17-25(27)29/h3-11,16-17,26H,12-15,18-19H2,1-2H3/t26-/m1/s1. The first-order valence-corrected chi connectivity index (χ1v) is 13.2. The minimum atomic E-state index is -4.06. The summed E-state index contributed by atoms with van der Waals surface area (Å²) in [6.07, 6.45) is -0.265. The van der Waals surface area contributed by atoms with Gasteiger partial charge in [-0.05, 0) is 42.3 Å². The van der Waals surface area contributed by atoms with Crippen LogP contribution >= 0.6 is 0 Å². The topological polar surface area (TPSA) is 59.1 Å². The van der Waals surface area contributed by atoms with Crippen molar-refractivity contribution in [3.63, 3.8) is 0 Å². The Hall–Kier alpha value is -2.85. The van der Waals surface area contributed by atoms with Crippen molar-refractivity contribution in [2.24, 2.45) is 0 Å². The molecule has 1 fully saturated rings. The van der Waals surface area contributed by atoms with Crippen LogP contribution in [-0.2, 0) is 21.4 Å². The Bertz CT molecular complexity index is 1280. The largest absolute Gasteiger partial charge is 0.497 e. The van der Waals surface area contributed by atoms with Gasteiger partial charge < -0.3 is 9.47 Å². The van der Waals surface area contributed by atoms with Gasteiger partial charge in [0.25, 0.3) is 0 Å². The first-order chi connectivity index (χ1) is 17.3. The molecule has 0 amide bonds. The smallest absolute Gasteiger partial charge is 0.246 e. The lowest BCUT2D eigenvalue weighted by Crippen LogP contribution is -2.49. The van der Waals surface area contributed by atoms with Crippen LogP contribution in [0.4, 0.5) is 8.78 Å². The second-order valence-electron chi connectivity index (χ2n) is 8.84. The Labute approximate surface area is 211 Å². The summed E-state index contributed by atoms with van der Waals surface area (Å²) in [5.41, 5.74) is 3.20. The molecule has 0 radical (unpaired) electrons. The van der Waals surface area contributed by atoms with Crippen molar-refractivity contribution in [1.29, 1.82) is 0 Å². The second kappa shape index (κ2) is 11.5. The molecular formula is C27H30F2N2O4S. The molecule has 192 valence electrons. The molecule has 0 aliphatic carbocycles. The number of hydrogen-bond donors (Lipinski definition) is 0. The van der Waals surface area contributed by atoms with Gasteiger partial charge in [0.1, 0.15) is 22.3 Å². The van der Waals surface area contributed by atoms with Crippen LogP contribution in [0, 0.1) is 18.6 Å². The third-order valence-electron chi connectivity index (χ3n) is 6.30. The van der Waals surface area contributed by atoms with Gasteiger partial charge in [0.15, 0.2) is 0 Å². The number of methoxy groups -OCH3 is 1. The molecule has 1 aliphatic rings. The van der Waals surface area contributed by atoms with Crippen LogP contribution in [0.2, 0.25) is 0 Å². The molecular weight excluding hydrogens is 486 g/mol. The van der Waals surface area contributed by atoms with Crippen LogP contribution < -0.4 is 4.74 Å². The fourth-order valence-corrected chi connectivity index (χ4v) is 5.66. The van der Waals surface area contributed by atoms with Gasteiger partial charge in [0.2, 0.25) is 10.0 Å². The zero-order valence-corrected chi connectivity index (χ0v) is 21.2. The minimum Gasteiger partial charge on any atom is -0.497 e. The Morgan fingerprint density at radius 1 is 0.944 bits per heavy atom. The molecule has 36 heavy (non-hydrogen) atoms. The molecule has 6 nitrogen and oxygen atoms in total. The number of piperazine rings is 1. The molecule has 3 aromatic rings. The van der Waals surface area contributed by atoms with E-state index in [2.05, 4.69) is 4.90 Å². The summed E-state index contributed by atoms with van der Waals surface area (Å²) in [6.45, 7) is 4.32. The van der Waals surface area contributed by atoms with Crippen LogP contribution in [0.15, 0.2) is 71.6 Å². The fraction of sp³-hybridized carbons (Fsp3) is 0.333. The molecule has 1 aliphatic heterocycles. The monoisotopic (exact) mass is 516 g/mol. The van der Waals surface area contributed by atoms with Crippen molar-refractivity contribution >= 4 is 10.0 Å². The third-order valence-corrected chi connectivity index (χ3v) is 8.24. The maximum atomic E-state index is 14.2. The van der Waals surface area contributed by atoms with Crippen LogP contribution in [0.1, 0.15) is 22.8 Å². The third kappa shape index (κ3) is 6.28. The van der Waals surface area contributed by atoms with E-state index in [0.717, 1.165) is 29.0 Å². The molecule has 4 rings (SSSR count). The number of ether oxygens (including phenoxy) is 2. The molecule has 0 aromatic heterocycles. The number of sulfonamides is 1. The lowest BCUT2D eigenvalue weighted by atomic mass is 10.1. The van der Waals surface area contributed by atoms with E-state index in [4.69, 9.17) is 9.47 Å². The van der Waals surface area contributed by atoms with Gasteiger partial charge in [0.05, 0.1) is 19.8 Å². The van der Waals surface area contributed by atoms with Crippen LogP contribution in [-0.4, -0.2) is 57.5 Å². The number of nitrogens with zero attached hydrogens (tertiary/aromatic N) is 2. The average Bonchev–Trinajstić information content (AvgIpc) is 2.87. The number of halogens is 2. The summed E-state index contributed by atoms with van der Waals surface area (Å²) in [5.74, 6) is -1.17. The van der Waals surface area contributed by atoms with Gasteiger partial charge >= 0.3 is 0 Å². The molecule has 0 saturated carbocycles. The van der Waals surface area contributed by atoms with Gasteiger partial charge in [0, 0.05) is 38.8 Å². The highest BCUT2D eigenvalue weighted by Gasteiger charge is 2.31. The maximum Gasteiger partial charge on any atom is 0.246 e. The van der Waals surface area contributed by atoms with E-state index in [1.165, 1.54) is 9.87 Å². The molecule has 0 unspecified atom stereocenters. The van der Waals surface area contributed by atoms with Crippen molar-refractivity contribution in [3.05, 3.63) is 95.1 Å². The summed E-state index contributed by atoms with van der Waals surface area (Å²) < 4.78 is 66.2. The highest BCUT2D eigenvalue weighted by Crippen LogP contribution is 2.26. The second-order valence-corrected chi connectivity index (χ2v) is 10.7. The predicted octanol–water partition coefficient (Wildman–Crippen LogP) is 4.55. The van der Waals surface area contributed by atoms with Gasteiger partial charge in [-0.2, -0.15) is 4.31 Å². The zero-order chi connectivity index (χ0) is 25.7. The van der Waals surface area contributed by atoms with Gasteiger partial charge in [-0.1, -0.05) is 42.0 Å². The van der Waals surface area contributed by atoms with Crippen molar-refractivity contribution in [1.82, 2.24) is 9.21 Å². The zero-order valence-electron chi connectivity index (χ0n) is 20.4. The normalized spacial score (nSPS) is 16.1. The first-order valence-electron chi connectivity index (χ1n) is 11.7. The molecule has 0 N–H and O–H groups in total. The number of rotatable bonds is 9.